The second-order valence-electron chi connectivity index (χ2n) is 7.27. The van der Waals surface area contributed by atoms with E-state index >= 15 is 0 Å². The molecule has 2 aromatic heterocycles. The Hall–Kier alpha value is -2.32. The van der Waals surface area contributed by atoms with Gasteiger partial charge in [0.05, 0.1) is 23.6 Å². The van der Waals surface area contributed by atoms with Crippen molar-refractivity contribution in [2.24, 2.45) is 13.0 Å². The van der Waals surface area contributed by atoms with Crippen molar-refractivity contribution in [3.8, 4) is 0 Å². The predicted molar refractivity (Wildman–Crippen MR) is 101 cm³/mol. The van der Waals surface area contributed by atoms with Crippen molar-refractivity contribution >= 4 is 23.4 Å². The van der Waals surface area contributed by atoms with Gasteiger partial charge in [-0.05, 0) is 25.0 Å². The number of hydrogen-bond donors (Lipinski definition) is 1. The minimum absolute atomic E-state index is 0.0206. The van der Waals surface area contributed by atoms with Crippen LogP contribution in [0.2, 0.25) is 5.02 Å². The van der Waals surface area contributed by atoms with Crippen molar-refractivity contribution in [2.75, 3.05) is 26.2 Å². The number of rotatable bonds is 5. The van der Waals surface area contributed by atoms with Gasteiger partial charge in [0, 0.05) is 45.1 Å². The van der Waals surface area contributed by atoms with Crippen LogP contribution >= 0.6 is 11.6 Å². The molecule has 0 spiro atoms. The number of aryl methyl sites for hydroxylation is 1. The lowest BCUT2D eigenvalue weighted by molar-refractivity contribution is -0.133. The first-order valence-corrected chi connectivity index (χ1v) is 9.82. The Morgan fingerprint density at radius 1 is 1.43 bits per heavy atom. The van der Waals surface area contributed by atoms with E-state index < -0.39 is 0 Å². The third-order valence-electron chi connectivity index (χ3n) is 5.28. The lowest BCUT2D eigenvalue weighted by Crippen LogP contribution is -2.43. The van der Waals surface area contributed by atoms with Crippen LogP contribution in [0.15, 0.2) is 29.0 Å². The molecular weight excluding hydrogens is 384 g/mol. The van der Waals surface area contributed by atoms with Crippen molar-refractivity contribution in [2.45, 2.75) is 24.9 Å². The molecule has 1 N–H and O–H groups in total. The molecule has 150 valence electrons. The van der Waals surface area contributed by atoms with Crippen LogP contribution in [0.1, 0.15) is 35.0 Å². The van der Waals surface area contributed by atoms with Crippen LogP contribution in [0.3, 0.4) is 0 Å². The Morgan fingerprint density at radius 2 is 2.29 bits per heavy atom. The molecule has 0 aromatic carbocycles. The Kier molecular flexibility index (Phi) is 5.41. The molecule has 1 unspecified atom stereocenters. The highest BCUT2D eigenvalue weighted by atomic mass is 35.5. The van der Waals surface area contributed by atoms with Gasteiger partial charge in [-0.3, -0.25) is 14.3 Å². The maximum atomic E-state index is 12.9. The Labute approximate surface area is 167 Å². The molecule has 2 fully saturated rings. The van der Waals surface area contributed by atoms with Crippen LogP contribution in [0.25, 0.3) is 0 Å². The molecule has 0 bridgehead atoms. The third kappa shape index (κ3) is 3.93. The second kappa shape index (κ2) is 7.97. The highest BCUT2D eigenvalue weighted by Gasteiger charge is 2.47. The van der Waals surface area contributed by atoms with Crippen LogP contribution in [0.5, 0.6) is 0 Å². The maximum Gasteiger partial charge on any atom is 0.271 e. The summed E-state index contributed by atoms with van der Waals surface area (Å²) in [5.74, 6) is 0.861. The van der Waals surface area contributed by atoms with Crippen LogP contribution < -0.4 is 5.32 Å². The predicted octanol–water partition coefficient (Wildman–Crippen LogP) is 1.82. The fraction of sp³-hybridized carbons (Fsp3) is 0.526. The van der Waals surface area contributed by atoms with E-state index in [0.29, 0.717) is 37.0 Å². The number of nitrogens with one attached hydrogen (secondary N) is 1. The topological polar surface area (TPSA) is 89.6 Å². The Balaban J connectivity index is 1.33. The average molecular weight is 407 g/mol. The molecule has 4 rings (SSSR count). The van der Waals surface area contributed by atoms with E-state index in [1.165, 1.54) is 10.9 Å². The van der Waals surface area contributed by atoms with E-state index in [1.54, 1.807) is 13.3 Å². The van der Waals surface area contributed by atoms with Gasteiger partial charge in [0.25, 0.3) is 5.91 Å². The first-order valence-electron chi connectivity index (χ1n) is 9.44. The summed E-state index contributed by atoms with van der Waals surface area (Å²) in [5, 5.41) is 7.11. The number of nitrogens with zero attached hydrogens (tertiary/aromatic N) is 3. The van der Waals surface area contributed by atoms with E-state index in [-0.39, 0.29) is 29.8 Å². The van der Waals surface area contributed by atoms with Crippen molar-refractivity contribution in [1.29, 1.82) is 0 Å². The van der Waals surface area contributed by atoms with E-state index in [4.69, 9.17) is 20.8 Å². The second-order valence-corrected chi connectivity index (χ2v) is 7.68. The van der Waals surface area contributed by atoms with Crippen molar-refractivity contribution in [3.63, 3.8) is 0 Å². The summed E-state index contributed by atoms with van der Waals surface area (Å²) in [5.41, 5.74) is 0.308. The summed E-state index contributed by atoms with van der Waals surface area (Å²) in [6.07, 6.45) is 4.42. The zero-order chi connectivity index (χ0) is 19.7. The zero-order valence-electron chi connectivity index (χ0n) is 15.6. The highest BCUT2D eigenvalue weighted by Crippen LogP contribution is 2.48. The van der Waals surface area contributed by atoms with Crippen molar-refractivity contribution < 1.29 is 18.7 Å². The number of carbonyl (C=O) groups is 2. The summed E-state index contributed by atoms with van der Waals surface area (Å²) in [6, 6.07) is 3.77. The molecule has 0 radical (unpaired) electrons. The molecule has 28 heavy (non-hydrogen) atoms. The average Bonchev–Trinajstić information content (AvgIpc) is 3.25. The number of furan rings is 1. The molecule has 1 aliphatic carbocycles. The number of carbonyl (C=O) groups excluding carboxylic acids is 2. The summed E-state index contributed by atoms with van der Waals surface area (Å²) in [4.78, 5) is 27.1. The van der Waals surface area contributed by atoms with Gasteiger partial charge in [-0.2, -0.15) is 5.10 Å². The molecule has 3 atom stereocenters. The number of amides is 2. The lowest BCUT2D eigenvalue weighted by atomic mass is 10.2. The molecule has 9 heteroatoms. The first-order chi connectivity index (χ1) is 13.5. The highest BCUT2D eigenvalue weighted by molar-refractivity contribution is 6.33. The van der Waals surface area contributed by atoms with Gasteiger partial charge >= 0.3 is 0 Å². The van der Waals surface area contributed by atoms with E-state index in [9.17, 15) is 9.59 Å². The van der Waals surface area contributed by atoms with Gasteiger partial charge in [0.15, 0.2) is 0 Å². The van der Waals surface area contributed by atoms with Crippen molar-refractivity contribution in [1.82, 2.24) is 20.0 Å². The fourth-order valence-corrected chi connectivity index (χ4v) is 3.95. The normalized spacial score (nSPS) is 24.6. The SMILES string of the molecule is Cn1ncc(Cl)c1C(=O)NCC1CN(C(=O)[C@@H]2C[C@H]2c2ccco2)CCCO1. The standard InChI is InChI=1S/C19H23ClN4O4/c1-23-17(15(20)10-22-23)18(25)21-9-12-11-24(5-3-7-27-12)19(26)14-8-13(14)16-4-2-6-28-16/h2,4,6,10,12-14H,3,5,7-9,11H2,1H3,(H,21,25)/t12?,13-,14-/m1/s1. The smallest absolute Gasteiger partial charge is 0.271 e. The van der Waals surface area contributed by atoms with E-state index in [1.807, 2.05) is 17.0 Å². The minimum Gasteiger partial charge on any atom is -0.469 e. The number of aromatic nitrogens is 2. The quantitative estimate of drug-likeness (QED) is 0.818. The lowest BCUT2D eigenvalue weighted by Gasteiger charge is -2.24. The van der Waals surface area contributed by atoms with Crippen LogP contribution in [-0.4, -0.2) is 58.8 Å². The fourth-order valence-electron chi connectivity index (χ4n) is 3.69. The van der Waals surface area contributed by atoms with E-state index in [2.05, 4.69) is 10.4 Å². The summed E-state index contributed by atoms with van der Waals surface area (Å²) in [7, 11) is 1.66. The number of hydrogen-bond acceptors (Lipinski definition) is 5. The minimum atomic E-state index is -0.309. The monoisotopic (exact) mass is 406 g/mol. The van der Waals surface area contributed by atoms with E-state index in [0.717, 1.165) is 18.6 Å². The van der Waals surface area contributed by atoms with Gasteiger partial charge < -0.3 is 19.4 Å². The molecule has 3 heterocycles. The molecule has 8 nitrogen and oxygen atoms in total. The number of halogens is 1. The van der Waals surface area contributed by atoms with Crippen molar-refractivity contribution in [3.05, 3.63) is 41.1 Å². The summed E-state index contributed by atoms with van der Waals surface area (Å²) < 4.78 is 12.7. The molecular formula is C19H23ClN4O4. The van der Waals surface area contributed by atoms with Crippen LogP contribution in [-0.2, 0) is 16.6 Å². The van der Waals surface area contributed by atoms with Gasteiger partial charge in [-0.25, -0.2) is 0 Å². The first kappa shape index (κ1) is 19.0. The molecule has 1 saturated heterocycles. The van der Waals surface area contributed by atoms with Gasteiger partial charge in [-0.1, -0.05) is 11.6 Å². The van der Waals surface area contributed by atoms with Gasteiger partial charge in [0.2, 0.25) is 5.91 Å². The Morgan fingerprint density at radius 3 is 3.00 bits per heavy atom. The Bertz CT molecular complexity index is 831. The molecule has 1 aliphatic heterocycles. The third-order valence-corrected chi connectivity index (χ3v) is 5.55. The molecule has 2 aromatic rings. The van der Waals surface area contributed by atoms with Gasteiger partial charge in [0.1, 0.15) is 11.5 Å². The van der Waals surface area contributed by atoms with Crippen LogP contribution in [0, 0.1) is 5.92 Å². The largest absolute Gasteiger partial charge is 0.469 e. The number of ether oxygens (including phenoxy) is 1. The molecule has 2 amide bonds. The summed E-state index contributed by atoms with van der Waals surface area (Å²) in [6.45, 7) is 1.98. The maximum absolute atomic E-state index is 12.9. The zero-order valence-corrected chi connectivity index (χ0v) is 16.4. The van der Waals surface area contributed by atoms with Crippen LogP contribution in [0.4, 0.5) is 0 Å². The summed E-state index contributed by atoms with van der Waals surface area (Å²) >= 11 is 6.01. The van der Waals surface area contributed by atoms with Gasteiger partial charge in [-0.15, -0.1) is 0 Å². The molecule has 2 aliphatic rings. The molecule has 1 saturated carbocycles.